The third-order valence-electron chi connectivity index (χ3n) is 7.14. The first kappa shape index (κ1) is 18.8. The second-order valence-electron chi connectivity index (χ2n) is 8.97. The smallest absolute Gasteiger partial charge is 0.192 e. The molecule has 4 rings (SSSR count). The largest absolute Gasteiger partial charge is 0.354 e. The van der Waals surface area contributed by atoms with Crippen molar-refractivity contribution in [1.29, 1.82) is 0 Å². The Bertz CT molecular complexity index is 645. The minimum Gasteiger partial charge on any atom is -0.354 e. The van der Waals surface area contributed by atoms with Crippen LogP contribution in [-0.4, -0.2) is 32.8 Å². The molecule has 1 heterocycles. The molecule has 0 aromatic carbocycles. The fourth-order valence-corrected chi connectivity index (χ4v) is 5.34. The minimum absolute atomic E-state index is 0.564. The van der Waals surface area contributed by atoms with Crippen molar-refractivity contribution in [2.45, 2.75) is 96.2 Å². The molecule has 6 heteroatoms. The zero-order valence-corrected chi connectivity index (χ0v) is 17.1. The van der Waals surface area contributed by atoms with E-state index in [0.29, 0.717) is 18.6 Å². The summed E-state index contributed by atoms with van der Waals surface area (Å²) in [6, 6.07) is 1.13. The van der Waals surface area contributed by atoms with E-state index < -0.39 is 0 Å². The van der Waals surface area contributed by atoms with Gasteiger partial charge in [0.2, 0.25) is 0 Å². The predicted molar refractivity (Wildman–Crippen MR) is 108 cm³/mol. The van der Waals surface area contributed by atoms with Crippen molar-refractivity contribution in [2.24, 2.45) is 23.9 Å². The molecule has 1 aromatic rings. The van der Waals surface area contributed by atoms with Crippen molar-refractivity contribution >= 4 is 5.96 Å². The number of fused-ring (bicyclic) bond motifs is 1. The first-order valence-corrected chi connectivity index (χ1v) is 11.1. The van der Waals surface area contributed by atoms with Crippen molar-refractivity contribution < 1.29 is 0 Å². The van der Waals surface area contributed by atoms with E-state index >= 15 is 0 Å². The van der Waals surface area contributed by atoms with Crippen molar-refractivity contribution in [3.8, 4) is 0 Å². The molecule has 0 aliphatic heterocycles. The SMILES string of the molecule is Cc1nnc(CN=C(NC2CCCCC2)NC2CCC3CCCC3C2)n1C. The molecule has 0 bridgehead atoms. The van der Waals surface area contributed by atoms with Gasteiger partial charge >= 0.3 is 0 Å². The average molecular weight is 373 g/mol. The lowest BCUT2D eigenvalue weighted by Crippen LogP contribution is -2.49. The highest BCUT2D eigenvalue weighted by atomic mass is 15.3. The van der Waals surface area contributed by atoms with E-state index in [1.54, 1.807) is 0 Å². The van der Waals surface area contributed by atoms with Crippen LogP contribution in [0.15, 0.2) is 4.99 Å². The van der Waals surface area contributed by atoms with E-state index in [9.17, 15) is 0 Å². The van der Waals surface area contributed by atoms with Crippen molar-refractivity contribution in [3.05, 3.63) is 11.6 Å². The summed E-state index contributed by atoms with van der Waals surface area (Å²) in [6.45, 7) is 2.57. The second-order valence-corrected chi connectivity index (χ2v) is 8.97. The maximum Gasteiger partial charge on any atom is 0.192 e. The lowest BCUT2D eigenvalue weighted by atomic mass is 9.79. The third kappa shape index (κ3) is 4.64. The number of aromatic nitrogens is 3. The number of nitrogens with zero attached hydrogens (tertiary/aromatic N) is 4. The lowest BCUT2D eigenvalue weighted by molar-refractivity contribution is 0.239. The summed E-state index contributed by atoms with van der Waals surface area (Å²) >= 11 is 0. The van der Waals surface area contributed by atoms with Gasteiger partial charge in [-0.1, -0.05) is 38.5 Å². The second kappa shape index (κ2) is 8.61. The summed E-state index contributed by atoms with van der Waals surface area (Å²) in [7, 11) is 2.02. The molecule has 0 radical (unpaired) electrons. The lowest BCUT2D eigenvalue weighted by Gasteiger charge is -2.34. The predicted octanol–water partition coefficient (Wildman–Crippen LogP) is 3.46. The molecule has 3 atom stereocenters. The van der Waals surface area contributed by atoms with E-state index in [2.05, 4.69) is 20.8 Å². The number of aryl methyl sites for hydroxylation is 1. The van der Waals surface area contributed by atoms with Crippen LogP contribution in [0, 0.1) is 18.8 Å². The summed E-state index contributed by atoms with van der Waals surface area (Å²) in [5, 5.41) is 16.0. The Hall–Kier alpha value is -1.59. The minimum atomic E-state index is 0.564. The molecule has 0 amide bonds. The maximum absolute atomic E-state index is 4.91. The molecular weight excluding hydrogens is 336 g/mol. The highest BCUT2D eigenvalue weighted by molar-refractivity contribution is 5.80. The van der Waals surface area contributed by atoms with E-state index in [1.165, 1.54) is 70.6 Å². The molecule has 3 aliphatic rings. The quantitative estimate of drug-likeness (QED) is 0.627. The maximum atomic E-state index is 4.91. The molecule has 6 nitrogen and oxygen atoms in total. The van der Waals surface area contributed by atoms with Crippen LogP contribution in [0.25, 0.3) is 0 Å². The normalized spacial score (nSPS) is 29.6. The van der Waals surface area contributed by atoms with Gasteiger partial charge in [-0.2, -0.15) is 0 Å². The Morgan fingerprint density at radius 2 is 1.70 bits per heavy atom. The van der Waals surface area contributed by atoms with Crippen LogP contribution in [0.3, 0.4) is 0 Å². The zero-order valence-electron chi connectivity index (χ0n) is 17.1. The van der Waals surface area contributed by atoms with Gasteiger partial charge in [0.05, 0.1) is 0 Å². The Morgan fingerprint density at radius 1 is 0.926 bits per heavy atom. The molecule has 3 fully saturated rings. The number of rotatable bonds is 4. The van der Waals surface area contributed by atoms with Crippen LogP contribution in [0.1, 0.15) is 82.3 Å². The summed E-state index contributed by atoms with van der Waals surface area (Å²) in [6.07, 6.45) is 14.9. The van der Waals surface area contributed by atoms with Gasteiger partial charge in [0.1, 0.15) is 12.4 Å². The molecule has 2 N–H and O–H groups in total. The van der Waals surface area contributed by atoms with Crippen LogP contribution in [0.5, 0.6) is 0 Å². The summed E-state index contributed by atoms with van der Waals surface area (Å²) < 4.78 is 2.03. The highest BCUT2D eigenvalue weighted by Crippen LogP contribution is 2.42. The van der Waals surface area contributed by atoms with Gasteiger partial charge in [-0.05, 0) is 50.9 Å². The summed E-state index contributed by atoms with van der Waals surface area (Å²) in [5.74, 6) is 4.79. The Morgan fingerprint density at radius 3 is 2.48 bits per heavy atom. The van der Waals surface area contributed by atoms with Crippen molar-refractivity contribution in [3.63, 3.8) is 0 Å². The van der Waals surface area contributed by atoms with Crippen LogP contribution < -0.4 is 10.6 Å². The first-order valence-electron chi connectivity index (χ1n) is 11.1. The van der Waals surface area contributed by atoms with Crippen molar-refractivity contribution in [1.82, 2.24) is 25.4 Å². The monoisotopic (exact) mass is 372 g/mol. The van der Waals surface area contributed by atoms with Gasteiger partial charge in [0.25, 0.3) is 0 Å². The van der Waals surface area contributed by atoms with Crippen LogP contribution in [0.2, 0.25) is 0 Å². The molecular formula is C21H36N6. The Balaban J connectivity index is 1.41. The number of nitrogens with one attached hydrogen (secondary N) is 2. The molecule has 150 valence electrons. The fraction of sp³-hybridized carbons (Fsp3) is 0.857. The Kier molecular flexibility index (Phi) is 5.98. The Labute approximate surface area is 163 Å². The van der Waals surface area contributed by atoms with Gasteiger partial charge < -0.3 is 15.2 Å². The summed E-state index contributed by atoms with van der Waals surface area (Å²) in [5.41, 5.74) is 0. The molecule has 0 spiro atoms. The topological polar surface area (TPSA) is 67.1 Å². The van der Waals surface area contributed by atoms with E-state index in [4.69, 9.17) is 4.99 Å². The molecule has 27 heavy (non-hydrogen) atoms. The number of aliphatic imine (C=N–C) groups is 1. The van der Waals surface area contributed by atoms with Gasteiger partial charge in [0.15, 0.2) is 11.8 Å². The van der Waals surface area contributed by atoms with Crippen LogP contribution in [0.4, 0.5) is 0 Å². The van der Waals surface area contributed by atoms with Gasteiger partial charge in [0, 0.05) is 19.1 Å². The van der Waals surface area contributed by atoms with Gasteiger partial charge in [-0.25, -0.2) is 4.99 Å². The third-order valence-corrected chi connectivity index (χ3v) is 7.14. The first-order chi connectivity index (χ1) is 13.2. The molecule has 1 aromatic heterocycles. The number of hydrogen-bond donors (Lipinski definition) is 2. The summed E-state index contributed by atoms with van der Waals surface area (Å²) in [4.78, 5) is 4.91. The van der Waals surface area contributed by atoms with E-state index in [-0.39, 0.29) is 0 Å². The van der Waals surface area contributed by atoms with Crippen molar-refractivity contribution in [2.75, 3.05) is 0 Å². The molecule has 3 unspecified atom stereocenters. The van der Waals surface area contributed by atoms with E-state index in [0.717, 1.165) is 29.4 Å². The van der Waals surface area contributed by atoms with Gasteiger partial charge in [-0.15, -0.1) is 10.2 Å². The fourth-order valence-electron chi connectivity index (χ4n) is 5.34. The molecule has 0 saturated heterocycles. The molecule has 3 aliphatic carbocycles. The number of guanidine groups is 1. The zero-order chi connectivity index (χ0) is 18.6. The van der Waals surface area contributed by atoms with Crippen LogP contribution >= 0.6 is 0 Å². The number of hydrogen-bond acceptors (Lipinski definition) is 3. The van der Waals surface area contributed by atoms with Gasteiger partial charge in [-0.3, -0.25) is 0 Å². The standard InChI is InChI=1S/C21H36N6/c1-15-25-26-20(27(15)2)14-22-21(23-18-9-4-3-5-10-18)24-19-12-11-16-7-6-8-17(16)13-19/h16-19H,3-14H2,1-2H3,(H2,22,23,24). The van der Waals surface area contributed by atoms with Crippen LogP contribution in [-0.2, 0) is 13.6 Å². The van der Waals surface area contributed by atoms with E-state index in [1.807, 2.05) is 18.5 Å². The average Bonchev–Trinajstić information content (AvgIpc) is 3.27. The highest BCUT2D eigenvalue weighted by Gasteiger charge is 2.34. The molecule has 3 saturated carbocycles.